The van der Waals surface area contributed by atoms with Gasteiger partial charge in [-0.15, -0.1) is 0 Å². The molecule has 0 N–H and O–H groups in total. The molecular weight excluding hydrogens is 386 g/mol. The van der Waals surface area contributed by atoms with Crippen LogP contribution in [0.3, 0.4) is 0 Å². The largest absolute Gasteiger partial charge is 0.463 e. The van der Waals surface area contributed by atoms with Crippen LogP contribution in [0.1, 0.15) is 25.3 Å². The van der Waals surface area contributed by atoms with Gasteiger partial charge < -0.3 is 14.2 Å². The molecule has 1 unspecified atom stereocenters. The molecule has 0 saturated carbocycles. The van der Waals surface area contributed by atoms with Gasteiger partial charge in [-0.25, -0.2) is 9.59 Å². The van der Waals surface area contributed by atoms with Crippen molar-refractivity contribution in [1.29, 1.82) is 0 Å². The molecule has 0 spiro atoms. The lowest BCUT2D eigenvalue weighted by Crippen LogP contribution is -2.56. The number of carbonyl (C=O) groups is 2. The molecule has 0 aliphatic carbocycles. The summed E-state index contributed by atoms with van der Waals surface area (Å²) in [5.74, 6) is -2.94. The second-order valence-electron chi connectivity index (χ2n) is 5.03. The minimum absolute atomic E-state index is 0.00538. The molecule has 1 aromatic carbocycles. The molecule has 1 heterocycles. The van der Waals surface area contributed by atoms with Gasteiger partial charge in [0.1, 0.15) is 11.7 Å². The quantitative estimate of drug-likeness (QED) is 0.310. The van der Waals surface area contributed by atoms with E-state index in [4.69, 9.17) is 14.2 Å². The predicted octanol–water partition coefficient (Wildman–Crippen LogP) is 2.07. The van der Waals surface area contributed by atoms with Crippen LogP contribution in [-0.4, -0.2) is 42.2 Å². The highest BCUT2D eigenvalue weighted by molar-refractivity contribution is 9.10. The SMILES string of the molecule is CCOC(=O)C1(C(=O)OCC)Oc2ccc(Br)cc2C1C[N+](=O)[O-]. The first-order valence-electron chi connectivity index (χ1n) is 7.31. The minimum Gasteiger partial charge on any atom is -0.463 e. The van der Waals surface area contributed by atoms with Gasteiger partial charge in [-0.2, -0.15) is 0 Å². The van der Waals surface area contributed by atoms with Gasteiger partial charge in [-0.1, -0.05) is 15.9 Å². The van der Waals surface area contributed by atoms with Crippen LogP contribution in [-0.2, 0) is 19.1 Å². The van der Waals surface area contributed by atoms with Crippen molar-refractivity contribution in [3.8, 4) is 5.75 Å². The zero-order valence-corrected chi connectivity index (χ0v) is 14.7. The summed E-state index contributed by atoms with van der Waals surface area (Å²) in [6.07, 6.45) is 0. The van der Waals surface area contributed by atoms with Gasteiger partial charge in [-0.3, -0.25) is 10.1 Å². The normalized spacial score (nSPS) is 17.5. The van der Waals surface area contributed by atoms with Gasteiger partial charge in [0.15, 0.2) is 0 Å². The number of benzene rings is 1. The van der Waals surface area contributed by atoms with E-state index in [2.05, 4.69) is 15.9 Å². The highest BCUT2D eigenvalue weighted by Crippen LogP contribution is 2.47. The molecule has 1 aliphatic heterocycles. The third-order valence-corrected chi connectivity index (χ3v) is 4.09. The first-order valence-corrected chi connectivity index (χ1v) is 8.10. The summed E-state index contributed by atoms with van der Waals surface area (Å²) in [6, 6.07) is 4.77. The van der Waals surface area contributed by atoms with Crippen LogP contribution in [0.4, 0.5) is 0 Å². The van der Waals surface area contributed by atoms with E-state index in [1.165, 1.54) is 6.07 Å². The maximum atomic E-state index is 12.5. The maximum absolute atomic E-state index is 12.5. The topological polar surface area (TPSA) is 105 Å². The Morgan fingerprint density at radius 3 is 2.38 bits per heavy atom. The Balaban J connectivity index is 2.61. The summed E-state index contributed by atoms with van der Waals surface area (Å²) >= 11 is 3.27. The Labute approximate surface area is 146 Å². The Bertz CT molecular complexity index is 658. The summed E-state index contributed by atoms with van der Waals surface area (Å²) in [4.78, 5) is 35.6. The van der Waals surface area contributed by atoms with Crippen LogP contribution in [0.5, 0.6) is 5.75 Å². The van der Waals surface area contributed by atoms with Gasteiger partial charge in [0, 0.05) is 15.0 Å². The third kappa shape index (κ3) is 3.08. The monoisotopic (exact) mass is 401 g/mol. The number of nitro groups is 1. The molecule has 0 saturated heterocycles. The second kappa shape index (κ2) is 7.16. The first kappa shape index (κ1) is 18.2. The van der Waals surface area contributed by atoms with E-state index in [9.17, 15) is 19.7 Å². The summed E-state index contributed by atoms with van der Waals surface area (Å²) in [6.45, 7) is 2.44. The molecule has 1 aromatic rings. The van der Waals surface area contributed by atoms with E-state index in [1.54, 1.807) is 26.0 Å². The first-order chi connectivity index (χ1) is 11.4. The van der Waals surface area contributed by atoms with Crippen molar-refractivity contribution in [3.63, 3.8) is 0 Å². The van der Waals surface area contributed by atoms with Gasteiger partial charge in [0.25, 0.3) is 0 Å². The molecule has 1 atom stereocenters. The molecule has 9 heteroatoms. The van der Waals surface area contributed by atoms with Crippen LogP contribution in [0, 0.1) is 10.1 Å². The lowest BCUT2D eigenvalue weighted by molar-refractivity contribution is -0.485. The van der Waals surface area contributed by atoms with Gasteiger partial charge >= 0.3 is 17.5 Å². The van der Waals surface area contributed by atoms with Crippen LogP contribution >= 0.6 is 15.9 Å². The number of fused-ring (bicyclic) bond motifs is 1. The molecule has 8 nitrogen and oxygen atoms in total. The van der Waals surface area contributed by atoms with E-state index in [0.717, 1.165) is 0 Å². The van der Waals surface area contributed by atoms with E-state index >= 15 is 0 Å². The minimum atomic E-state index is -2.22. The smallest absolute Gasteiger partial charge is 0.363 e. The Morgan fingerprint density at radius 2 is 1.88 bits per heavy atom. The van der Waals surface area contributed by atoms with E-state index in [-0.39, 0.29) is 19.0 Å². The fourth-order valence-corrected chi connectivity index (χ4v) is 3.03. The lowest BCUT2D eigenvalue weighted by atomic mass is 9.84. The molecule has 0 amide bonds. The summed E-state index contributed by atoms with van der Waals surface area (Å²) < 4.78 is 16.2. The van der Waals surface area contributed by atoms with Crippen LogP contribution in [0.15, 0.2) is 22.7 Å². The molecular formula is C15H16BrNO7. The number of esters is 2. The number of hydrogen-bond acceptors (Lipinski definition) is 7. The molecule has 0 fully saturated rings. The average Bonchev–Trinajstić information content (AvgIpc) is 2.82. The number of ether oxygens (including phenoxy) is 3. The standard InChI is InChI=1S/C15H16BrNO7/c1-3-22-13(18)15(14(19)23-4-2)11(8-17(20)21)10-7-9(16)5-6-12(10)24-15/h5-7,11H,3-4,8H2,1-2H3. The second-order valence-corrected chi connectivity index (χ2v) is 5.94. The Hall–Kier alpha value is -2.16. The van der Waals surface area contributed by atoms with Crippen molar-refractivity contribution in [3.05, 3.63) is 38.3 Å². The van der Waals surface area contributed by atoms with E-state index in [0.29, 0.717) is 10.0 Å². The number of rotatable bonds is 6. The summed E-state index contributed by atoms with van der Waals surface area (Å²) in [5.41, 5.74) is -1.84. The van der Waals surface area contributed by atoms with Crippen molar-refractivity contribution in [1.82, 2.24) is 0 Å². The number of halogens is 1. The van der Waals surface area contributed by atoms with Crippen molar-refractivity contribution < 1.29 is 28.7 Å². The molecule has 24 heavy (non-hydrogen) atoms. The molecule has 2 rings (SSSR count). The van der Waals surface area contributed by atoms with E-state index < -0.39 is 34.9 Å². The Kier molecular flexibility index (Phi) is 5.43. The van der Waals surface area contributed by atoms with Crippen molar-refractivity contribution in [2.24, 2.45) is 0 Å². The molecule has 130 valence electrons. The fourth-order valence-electron chi connectivity index (χ4n) is 2.65. The van der Waals surface area contributed by atoms with Gasteiger partial charge in [0.2, 0.25) is 6.54 Å². The zero-order valence-electron chi connectivity index (χ0n) is 13.1. The van der Waals surface area contributed by atoms with Crippen LogP contribution < -0.4 is 4.74 Å². The number of nitrogens with zero attached hydrogens (tertiary/aromatic N) is 1. The predicted molar refractivity (Wildman–Crippen MR) is 85.4 cm³/mol. The molecule has 0 bridgehead atoms. The van der Waals surface area contributed by atoms with Crippen molar-refractivity contribution >= 4 is 27.9 Å². The average molecular weight is 402 g/mol. The maximum Gasteiger partial charge on any atom is 0.363 e. The summed E-state index contributed by atoms with van der Waals surface area (Å²) in [7, 11) is 0. The van der Waals surface area contributed by atoms with Gasteiger partial charge in [0.05, 0.1) is 13.2 Å². The number of carbonyl (C=O) groups excluding carboxylic acids is 2. The van der Waals surface area contributed by atoms with Crippen LogP contribution in [0.25, 0.3) is 0 Å². The summed E-state index contributed by atoms with van der Waals surface area (Å²) in [5, 5.41) is 11.1. The van der Waals surface area contributed by atoms with Gasteiger partial charge in [-0.05, 0) is 32.0 Å². The lowest BCUT2D eigenvalue weighted by Gasteiger charge is -2.27. The zero-order chi connectivity index (χ0) is 17.9. The highest BCUT2D eigenvalue weighted by atomic mass is 79.9. The fraction of sp³-hybridized carbons (Fsp3) is 0.467. The highest BCUT2D eigenvalue weighted by Gasteiger charge is 2.64. The van der Waals surface area contributed by atoms with E-state index in [1.807, 2.05) is 0 Å². The number of hydrogen-bond donors (Lipinski definition) is 0. The van der Waals surface area contributed by atoms with Crippen molar-refractivity contribution in [2.45, 2.75) is 25.4 Å². The molecule has 0 radical (unpaired) electrons. The molecule has 1 aliphatic rings. The third-order valence-electron chi connectivity index (χ3n) is 3.60. The van der Waals surface area contributed by atoms with Crippen molar-refractivity contribution in [2.75, 3.05) is 19.8 Å². The molecule has 0 aromatic heterocycles. The Morgan fingerprint density at radius 1 is 1.29 bits per heavy atom. The van der Waals surface area contributed by atoms with Crippen LogP contribution in [0.2, 0.25) is 0 Å².